The summed E-state index contributed by atoms with van der Waals surface area (Å²) in [7, 11) is 0. The van der Waals surface area contributed by atoms with Crippen molar-refractivity contribution in [2.45, 2.75) is 33.1 Å². The van der Waals surface area contributed by atoms with Gasteiger partial charge in [0.25, 0.3) is 5.91 Å². The Hall–Kier alpha value is -2.82. The van der Waals surface area contributed by atoms with E-state index in [1.165, 1.54) is 12.5 Å². The van der Waals surface area contributed by atoms with E-state index in [1.54, 1.807) is 35.2 Å². The number of nitrogens with zero attached hydrogens (tertiary/aromatic N) is 1. The van der Waals surface area contributed by atoms with Gasteiger partial charge in [0.05, 0.1) is 0 Å². The van der Waals surface area contributed by atoms with Crippen molar-refractivity contribution in [3.63, 3.8) is 0 Å². The molecule has 2 unspecified atom stereocenters. The van der Waals surface area contributed by atoms with Crippen LogP contribution in [-0.4, -0.2) is 29.8 Å². The first-order valence-corrected chi connectivity index (χ1v) is 9.50. The van der Waals surface area contributed by atoms with E-state index in [4.69, 9.17) is 4.42 Å². The fourth-order valence-electron chi connectivity index (χ4n) is 3.14. The van der Waals surface area contributed by atoms with Crippen LogP contribution in [-0.2, 0) is 4.79 Å². The minimum atomic E-state index is -0.264. The minimum Gasteiger partial charge on any atom is -0.461 e. The Bertz CT molecular complexity index is 849. The Kier molecular flexibility index (Phi) is 5.79. The molecule has 0 bridgehead atoms. The molecule has 0 spiro atoms. The van der Waals surface area contributed by atoms with Crippen molar-refractivity contribution < 1.29 is 14.0 Å². The van der Waals surface area contributed by atoms with Crippen molar-refractivity contribution in [3.8, 4) is 0 Å². The Morgan fingerprint density at radius 2 is 1.96 bits per heavy atom. The van der Waals surface area contributed by atoms with Gasteiger partial charge in [-0.2, -0.15) is 0 Å². The minimum absolute atomic E-state index is 0.0379. The number of amides is 2. The first-order chi connectivity index (χ1) is 13.0. The van der Waals surface area contributed by atoms with Crippen molar-refractivity contribution >= 4 is 23.6 Å². The van der Waals surface area contributed by atoms with Crippen LogP contribution in [0.2, 0.25) is 0 Å². The molecule has 0 saturated heterocycles. The smallest absolute Gasteiger partial charge is 0.253 e. The molecule has 27 heavy (non-hydrogen) atoms. The Morgan fingerprint density at radius 1 is 1.22 bits per heavy atom. The lowest BCUT2D eigenvalue weighted by Crippen LogP contribution is -2.30. The molecular formula is C22H26N2O3. The maximum Gasteiger partial charge on any atom is 0.253 e. The van der Waals surface area contributed by atoms with E-state index in [0.717, 1.165) is 5.76 Å². The number of carbonyl (C=O) groups excluding carboxylic acids is 2. The van der Waals surface area contributed by atoms with E-state index in [2.05, 4.69) is 12.2 Å². The average Bonchev–Trinajstić information content (AvgIpc) is 3.21. The van der Waals surface area contributed by atoms with Gasteiger partial charge in [0.2, 0.25) is 5.91 Å². The summed E-state index contributed by atoms with van der Waals surface area (Å²) in [5, 5.41) is 2.79. The van der Waals surface area contributed by atoms with Crippen LogP contribution in [0.15, 0.2) is 46.9 Å². The van der Waals surface area contributed by atoms with E-state index in [0.29, 0.717) is 41.9 Å². The van der Waals surface area contributed by atoms with Crippen LogP contribution in [0.25, 0.3) is 6.08 Å². The highest BCUT2D eigenvalue weighted by Crippen LogP contribution is 2.47. The number of nitrogens with one attached hydrogen (secondary N) is 1. The first kappa shape index (κ1) is 19.0. The monoisotopic (exact) mass is 366 g/mol. The molecule has 2 aromatic rings. The number of benzene rings is 1. The van der Waals surface area contributed by atoms with Gasteiger partial charge in [-0.15, -0.1) is 0 Å². The van der Waals surface area contributed by atoms with E-state index in [9.17, 15) is 9.59 Å². The van der Waals surface area contributed by atoms with Crippen LogP contribution in [0.4, 0.5) is 5.69 Å². The number of furan rings is 1. The summed E-state index contributed by atoms with van der Waals surface area (Å²) in [5.41, 5.74) is 1.16. The van der Waals surface area contributed by atoms with Gasteiger partial charge in [-0.1, -0.05) is 13.0 Å². The third kappa shape index (κ3) is 4.67. The van der Waals surface area contributed by atoms with Crippen molar-refractivity contribution in [1.82, 2.24) is 4.90 Å². The molecule has 2 atom stereocenters. The second-order valence-electron chi connectivity index (χ2n) is 6.94. The molecule has 1 N–H and O–H groups in total. The Balaban J connectivity index is 1.61. The maximum atomic E-state index is 12.4. The van der Waals surface area contributed by atoms with Gasteiger partial charge in [0.1, 0.15) is 11.5 Å². The zero-order valence-electron chi connectivity index (χ0n) is 16.1. The first-order valence-electron chi connectivity index (χ1n) is 9.50. The molecule has 1 aliphatic carbocycles. The fraction of sp³-hybridized carbons (Fsp3) is 0.364. The highest BCUT2D eigenvalue weighted by Gasteiger charge is 2.36. The van der Waals surface area contributed by atoms with Crippen LogP contribution in [0.1, 0.15) is 55.0 Å². The average molecular weight is 366 g/mol. The SMILES string of the molecule is CCN(CC)C(=O)c1cccc(NC(=O)/C=C/c2ccc(C3CC3C)o2)c1. The summed E-state index contributed by atoms with van der Waals surface area (Å²) < 4.78 is 5.76. The molecule has 1 aromatic carbocycles. The van der Waals surface area contributed by atoms with E-state index in [1.807, 2.05) is 26.0 Å². The fourth-order valence-corrected chi connectivity index (χ4v) is 3.14. The highest BCUT2D eigenvalue weighted by molar-refractivity contribution is 6.03. The molecule has 1 aromatic heterocycles. The predicted molar refractivity (Wildman–Crippen MR) is 107 cm³/mol. The molecule has 5 nitrogen and oxygen atoms in total. The molecule has 1 heterocycles. The third-order valence-corrected chi connectivity index (χ3v) is 4.95. The Labute approximate surface area is 160 Å². The number of carbonyl (C=O) groups is 2. The largest absolute Gasteiger partial charge is 0.461 e. The molecule has 0 radical (unpaired) electrons. The van der Waals surface area contributed by atoms with Crippen molar-refractivity contribution in [3.05, 3.63) is 59.6 Å². The maximum absolute atomic E-state index is 12.4. The standard InChI is InChI=1S/C22H26N2O3/c1-4-24(5-2)22(26)16-7-6-8-17(14-16)23-21(25)12-10-18-9-11-20(27-18)19-13-15(19)3/h6-12,14-15,19H,4-5,13H2,1-3H3,(H,23,25)/b12-10+. The number of rotatable bonds is 7. The zero-order chi connectivity index (χ0) is 19.4. The van der Waals surface area contributed by atoms with Gasteiger partial charge in [-0.3, -0.25) is 9.59 Å². The molecule has 1 fully saturated rings. The van der Waals surface area contributed by atoms with Crippen LogP contribution < -0.4 is 5.32 Å². The summed E-state index contributed by atoms with van der Waals surface area (Å²) in [6.07, 6.45) is 4.27. The van der Waals surface area contributed by atoms with Crippen LogP contribution >= 0.6 is 0 Å². The summed E-state index contributed by atoms with van der Waals surface area (Å²) in [4.78, 5) is 26.4. The van der Waals surface area contributed by atoms with Gasteiger partial charge >= 0.3 is 0 Å². The molecule has 1 aliphatic rings. The third-order valence-electron chi connectivity index (χ3n) is 4.95. The van der Waals surface area contributed by atoms with Crippen molar-refractivity contribution in [1.29, 1.82) is 0 Å². The number of hydrogen-bond acceptors (Lipinski definition) is 3. The molecule has 3 rings (SSSR count). The highest BCUT2D eigenvalue weighted by atomic mass is 16.3. The lowest BCUT2D eigenvalue weighted by atomic mass is 10.1. The Morgan fingerprint density at radius 3 is 2.63 bits per heavy atom. The molecule has 5 heteroatoms. The van der Waals surface area contributed by atoms with Gasteiger partial charge in [0.15, 0.2) is 0 Å². The number of hydrogen-bond donors (Lipinski definition) is 1. The molecule has 0 aliphatic heterocycles. The van der Waals surface area contributed by atoms with Crippen molar-refractivity contribution in [2.24, 2.45) is 5.92 Å². The van der Waals surface area contributed by atoms with Gasteiger partial charge in [-0.25, -0.2) is 0 Å². The van der Waals surface area contributed by atoms with Crippen LogP contribution in [0.5, 0.6) is 0 Å². The van der Waals surface area contributed by atoms with Crippen molar-refractivity contribution in [2.75, 3.05) is 18.4 Å². The van der Waals surface area contributed by atoms with Crippen LogP contribution in [0.3, 0.4) is 0 Å². The summed E-state index contributed by atoms with van der Waals surface area (Å²) in [5.74, 6) is 2.56. The van der Waals surface area contributed by atoms with E-state index in [-0.39, 0.29) is 11.8 Å². The van der Waals surface area contributed by atoms with E-state index < -0.39 is 0 Å². The van der Waals surface area contributed by atoms with Crippen LogP contribution in [0, 0.1) is 5.92 Å². The zero-order valence-corrected chi connectivity index (χ0v) is 16.1. The molecule has 1 saturated carbocycles. The molecular weight excluding hydrogens is 340 g/mol. The summed E-state index contributed by atoms with van der Waals surface area (Å²) >= 11 is 0. The normalized spacial score (nSPS) is 18.5. The lowest BCUT2D eigenvalue weighted by Gasteiger charge is -2.18. The lowest BCUT2D eigenvalue weighted by molar-refractivity contribution is -0.111. The number of anilines is 1. The second kappa shape index (κ2) is 8.25. The van der Waals surface area contributed by atoms with E-state index >= 15 is 0 Å². The van der Waals surface area contributed by atoms with Gasteiger partial charge in [-0.05, 0) is 62.6 Å². The molecule has 142 valence electrons. The second-order valence-corrected chi connectivity index (χ2v) is 6.94. The van der Waals surface area contributed by atoms with Gasteiger partial charge < -0.3 is 14.6 Å². The van der Waals surface area contributed by atoms with Gasteiger partial charge in [0, 0.05) is 36.3 Å². The summed E-state index contributed by atoms with van der Waals surface area (Å²) in [6.45, 7) is 7.40. The quantitative estimate of drug-likeness (QED) is 0.732. The topological polar surface area (TPSA) is 62.6 Å². The molecule has 2 amide bonds. The predicted octanol–water partition coefficient (Wildman–Crippen LogP) is 4.54. The summed E-state index contributed by atoms with van der Waals surface area (Å²) in [6, 6.07) is 10.9.